The van der Waals surface area contributed by atoms with E-state index in [1.807, 2.05) is 36.9 Å². The first-order valence-corrected chi connectivity index (χ1v) is 7.35. The van der Waals surface area contributed by atoms with Crippen LogP contribution in [-0.4, -0.2) is 47.8 Å². The molecule has 0 saturated heterocycles. The van der Waals surface area contributed by atoms with Gasteiger partial charge in [-0.1, -0.05) is 32.0 Å². The Morgan fingerprint density at radius 1 is 1.27 bits per heavy atom. The van der Waals surface area contributed by atoms with Gasteiger partial charge in [0.05, 0.1) is 11.7 Å². The van der Waals surface area contributed by atoms with Gasteiger partial charge in [0.2, 0.25) is 5.91 Å². The first-order valence-electron chi connectivity index (χ1n) is 7.35. The molecule has 1 aliphatic rings. The van der Waals surface area contributed by atoms with E-state index in [1.54, 1.807) is 18.3 Å². The molecule has 0 spiro atoms. The predicted octanol–water partition coefficient (Wildman–Crippen LogP) is 1.72. The van der Waals surface area contributed by atoms with Gasteiger partial charge in [-0.3, -0.25) is 14.5 Å². The molecule has 116 valence electrons. The summed E-state index contributed by atoms with van der Waals surface area (Å²) in [5, 5.41) is 5.54. The molecule has 0 saturated carbocycles. The van der Waals surface area contributed by atoms with Gasteiger partial charge in [-0.2, -0.15) is 10.1 Å². The molecule has 0 aromatic heterocycles. The zero-order valence-electron chi connectivity index (χ0n) is 13.1. The van der Waals surface area contributed by atoms with E-state index in [2.05, 4.69) is 10.1 Å². The average molecular weight is 300 g/mol. The molecule has 0 N–H and O–H groups in total. The molecular weight excluding hydrogens is 280 g/mol. The van der Waals surface area contributed by atoms with E-state index < -0.39 is 0 Å². The molecule has 2 rings (SSSR count). The third-order valence-corrected chi connectivity index (χ3v) is 3.50. The lowest BCUT2D eigenvalue weighted by Gasteiger charge is -2.32. The number of aliphatic imine (C=N–C) groups is 1. The molecule has 1 heterocycles. The van der Waals surface area contributed by atoms with Gasteiger partial charge in [0.25, 0.3) is 5.91 Å². The Labute approximate surface area is 130 Å². The summed E-state index contributed by atoms with van der Waals surface area (Å²) in [6, 6.07) is 8.74. The summed E-state index contributed by atoms with van der Waals surface area (Å²) < 4.78 is 0. The van der Waals surface area contributed by atoms with Crippen molar-refractivity contribution in [3.05, 3.63) is 30.3 Å². The van der Waals surface area contributed by atoms with Crippen LogP contribution in [0.25, 0.3) is 0 Å². The van der Waals surface area contributed by atoms with Gasteiger partial charge in [0.15, 0.2) is 0 Å². The summed E-state index contributed by atoms with van der Waals surface area (Å²) in [4.78, 5) is 30.1. The van der Waals surface area contributed by atoms with Crippen molar-refractivity contribution in [2.24, 2.45) is 10.1 Å². The number of carbonyl (C=O) groups excluding carboxylic acids is 2. The third-order valence-electron chi connectivity index (χ3n) is 3.50. The van der Waals surface area contributed by atoms with Crippen LogP contribution in [-0.2, 0) is 9.59 Å². The van der Waals surface area contributed by atoms with E-state index in [9.17, 15) is 9.59 Å². The summed E-state index contributed by atoms with van der Waals surface area (Å²) >= 11 is 0. The zero-order valence-corrected chi connectivity index (χ0v) is 13.1. The van der Waals surface area contributed by atoms with Crippen molar-refractivity contribution in [1.29, 1.82) is 0 Å². The summed E-state index contributed by atoms with van der Waals surface area (Å²) in [6.45, 7) is 6.82. The Balaban J connectivity index is 2.44. The summed E-state index contributed by atoms with van der Waals surface area (Å²) in [6.07, 6.45) is 1.67. The zero-order chi connectivity index (χ0) is 16.1. The van der Waals surface area contributed by atoms with Crippen molar-refractivity contribution in [2.45, 2.75) is 26.8 Å². The smallest absolute Gasteiger partial charge is 0.291 e. The molecule has 2 amide bonds. The Bertz CT molecular complexity index is 606. The largest absolute Gasteiger partial charge is 0.295 e. The first-order chi connectivity index (χ1) is 10.6. The van der Waals surface area contributed by atoms with E-state index in [0.717, 1.165) is 13.1 Å². The number of hydrogen-bond donors (Lipinski definition) is 0. The quantitative estimate of drug-likeness (QED) is 0.850. The second-order valence-corrected chi connectivity index (χ2v) is 4.90. The topological polar surface area (TPSA) is 65.3 Å². The van der Waals surface area contributed by atoms with E-state index in [1.165, 1.54) is 11.9 Å². The monoisotopic (exact) mass is 300 g/mol. The highest BCUT2D eigenvalue weighted by Gasteiger charge is 2.34. The van der Waals surface area contributed by atoms with Gasteiger partial charge in [-0.05, 0) is 25.2 Å². The number of amides is 2. The maximum Gasteiger partial charge on any atom is 0.295 e. The number of hydrogen-bond acceptors (Lipinski definition) is 4. The number of hydrazone groups is 1. The van der Waals surface area contributed by atoms with Crippen molar-refractivity contribution in [2.75, 3.05) is 18.1 Å². The van der Waals surface area contributed by atoms with Gasteiger partial charge in [0, 0.05) is 13.1 Å². The van der Waals surface area contributed by atoms with Crippen LogP contribution in [0.3, 0.4) is 0 Å². The fourth-order valence-corrected chi connectivity index (χ4v) is 2.41. The van der Waals surface area contributed by atoms with Crippen LogP contribution in [0.2, 0.25) is 0 Å². The van der Waals surface area contributed by atoms with Crippen LogP contribution in [0.5, 0.6) is 0 Å². The Hall–Kier alpha value is -2.34. The van der Waals surface area contributed by atoms with Crippen molar-refractivity contribution in [3.63, 3.8) is 0 Å². The van der Waals surface area contributed by atoms with E-state index in [0.29, 0.717) is 5.69 Å². The lowest BCUT2D eigenvalue weighted by Crippen LogP contribution is -2.52. The standard InChI is InChI=1S/C16H20N4O2/c1-4-19(5-2)14-11-17-20(13-9-7-6-8-10-13)16(22)15(14)18-12(3)21/h6-11,14H,4-5H2,1-3H3. The normalized spacial score (nSPS) is 20.0. The van der Waals surface area contributed by atoms with Gasteiger partial charge in [-0.25, -0.2) is 4.99 Å². The van der Waals surface area contributed by atoms with Crippen LogP contribution in [0.4, 0.5) is 5.69 Å². The second kappa shape index (κ2) is 7.09. The number of benzene rings is 1. The fraction of sp³-hybridized carbons (Fsp3) is 0.375. The minimum absolute atomic E-state index is 0.218. The van der Waals surface area contributed by atoms with Gasteiger partial charge in [-0.15, -0.1) is 0 Å². The first kappa shape index (κ1) is 16.0. The minimum atomic E-state index is -0.385. The van der Waals surface area contributed by atoms with E-state index in [4.69, 9.17) is 0 Å². The molecule has 22 heavy (non-hydrogen) atoms. The Morgan fingerprint density at radius 3 is 2.45 bits per heavy atom. The number of para-hydroxylation sites is 1. The molecule has 0 bridgehead atoms. The summed E-state index contributed by atoms with van der Waals surface area (Å²) in [5.41, 5.74) is 0.869. The van der Waals surface area contributed by atoms with Crippen LogP contribution >= 0.6 is 0 Å². The summed E-state index contributed by atoms with van der Waals surface area (Å²) in [7, 11) is 0. The fourth-order valence-electron chi connectivity index (χ4n) is 2.41. The SMILES string of the molecule is CCN(CC)C1C=NN(c2ccccc2)C(=O)C1=NC(C)=O. The number of nitrogens with zero attached hydrogens (tertiary/aromatic N) is 4. The molecule has 1 aliphatic heterocycles. The molecule has 1 unspecified atom stereocenters. The highest BCUT2D eigenvalue weighted by molar-refractivity contribution is 6.50. The highest BCUT2D eigenvalue weighted by atomic mass is 16.2. The number of anilines is 1. The predicted molar refractivity (Wildman–Crippen MR) is 87.2 cm³/mol. The average Bonchev–Trinajstić information content (AvgIpc) is 2.52. The molecule has 6 heteroatoms. The van der Waals surface area contributed by atoms with Crippen molar-refractivity contribution in [1.82, 2.24) is 4.90 Å². The van der Waals surface area contributed by atoms with Gasteiger partial charge >= 0.3 is 0 Å². The highest BCUT2D eigenvalue weighted by Crippen LogP contribution is 2.19. The van der Waals surface area contributed by atoms with E-state index in [-0.39, 0.29) is 23.6 Å². The van der Waals surface area contributed by atoms with Crippen LogP contribution in [0, 0.1) is 0 Å². The maximum atomic E-state index is 12.7. The molecule has 1 aromatic rings. The molecule has 0 aliphatic carbocycles. The van der Waals surface area contributed by atoms with Crippen molar-refractivity contribution >= 4 is 29.4 Å². The minimum Gasteiger partial charge on any atom is -0.291 e. The van der Waals surface area contributed by atoms with Crippen LogP contribution < -0.4 is 5.01 Å². The molecular formula is C16H20N4O2. The Kier molecular flexibility index (Phi) is 5.16. The maximum absolute atomic E-state index is 12.7. The number of carbonyl (C=O) groups is 2. The lowest BCUT2D eigenvalue weighted by molar-refractivity contribution is -0.117. The van der Waals surface area contributed by atoms with E-state index >= 15 is 0 Å². The van der Waals surface area contributed by atoms with Crippen molar-refractivity contribution in [3.8, 4) is 0 Å². The molecule has 6 nitrogen and oxygen atoms in total. The number of rotatable bonds is 4. The lowest BCUT2D eigenvalue weighted by atomic mass is 10.1. The summed E-state index contributed by atoms with van der Waals surface area (Å²) in [5.74, 6) is -0.746. The molecule has 1 atom stereocenters. The second-order valence-electron chi connectivity index (χ2n) is 4.90. The molecule has 0 fully saturated rings. The third kappa shape index (κ3) is 3.28. The molecule has 0 radical (unpaired) electrons. The van der Waals surface area contributed by atoms with Crippen LogP contribution in [0.1, 0.15) is 20.8 Å². The van der Waals surface area contributed by atoms with Crippen molar-refractivity contribution < 1.29 is 9.59 Å². The van der Waals surface area contributed by atoms with Gasteiger partial charge in [0.1, 0.15) is 5.71 Å². The van der Waals surface area contributed by atoms with Gasteiger partial charge < -0.3 is 0 Å². The molecule has 1 aromatic carbocycles. The Morgan fingerprint density at radius 2 is 1.91 bits per heavy atom. The van der Waals surface area contributed by atoms with Crippen LogP contribution in [0.15, 0.2) is 40.4 Å².